The molecule has 0 saturated heterocycles. The molecule has 0 fully saturated rings. The van der Waals surface area contributed by atoms with Crippen molar-refractivity contribution in [3.63, 3.8) is 0 Å². The van der Waals surface area contributed by atoms with Gasteiger partial charge in [-0.25, -0.2) is 15.0 Å². The van der Waals surface area contributed by atoms with Crippen molar-refractivity contribution in [3.8, 4) is 17.4 Å². The number of amides is 1. The molecule has 1 amide bonds. The first-order chi connectivity index (χ1) is 15.0. The van der Waals surface area contributed by atoms with Gasteiger partial charge in [0.2, 0.25) is 5.88 Å². The zero-order chi connectivity index (χ0) is 21.8. The standard InChI is InChI=1S/C21H16Cl2N4O3S/c1-12(20(28)25-9-16-10-26-21(23)31-16)29-14-3-5-15(6-4-14)30-19-11-24-18-8-13(22)2-7-17(18)27-19/h2-8,10-12H,9H2,1H3,(H,25,28)/t12-/m1/s1. The number of ether oxygens (including phenoxy) is 2. The molecule has 2 aromatic heterocycles. The minimum atomic E-state index is -0.673. The van der Waals surface area contributed by atoms with Crippen LogP contribution in [-0.2, 0) is 11.3 Å². The molecule has 0 aliphatic carbocycles. The fourth-order valence-corrected chi connectivity index (χ4v) is 3.75. The van der Waals surface area contributed by atoms with E-state index < -0.39 is 6.10 Å². The Kier molecular flexibility index (Phi) is 6.50. The summed E-state index contributed by atoms with van der Waals surface area (Å²) in [6, 6.07) is 12.2. The third-order valence-corrected chi connectivity index (χ3v) is 5.52. The first kappa shape index (κ1) is 21.3. The molecular weight excluding hydrogens is 459 g/mol. The molecule has 10 heteroatoms. The molecule has 2 heterocycles. The summed E-state index contributed by atoms with van der Waals surface area (Å²) in [6.07, 6.45) is 2.49. The second kappa shape index (κ2) is 9.47. The molecular formula is C21H16Cl2N4O3S. The van der Waals surface area contributed by atoms with Crippen molar-refractivity contribution in [3.05, 3.63) is 69.2 Å². The van der Waals surface area contributed by atoms with Crippen LogP contribution in [0, 0.1) is 0 Å². The lowest BCUT2D eigenvalue weighted by Crippen LogP contribution is -2.35. The largest absolute Gasteiger partial charge is 0.481 e. The second-order valence-electron chi connectivity index (χ2n) is 6.47. The Labute approximate surface area is 192 Å². The van der Waals surface area contributed by atoms with Gasteiger partial charge in [-0.3, -0.25) is 4.79 Å². The lowest BCUT2D eigenvalue weighted by molar-refractivity contribution is -0.127. The van der Waals surface area contributed by atoms with Crippen LogP contribution in [0.3, 0.4) is 0 Å². The molecule has 0 radical (unpaired) electrons. The summed E-state index contributed by atoms with van der Waals surface area (Å²) in [5.41, 5.74) is 1.37. The normalized spacial score (nSPS) is 11.8. The molecule has 0 aliphatic rings. The molecule has 1 atom stereocenters. The van der Waals surface area contributed by atoms with Gasteiger partial charge in [0, 0.05) is 16.1 Å². The van der Waals surface area contributed by atoms with Gasteiger partial charge in [-0.1, -0.05) is 23.2 Å². The predicted molar refractivity (Wildman–Crippen MR) is 120 cm³/mol. The van der Waals surface area contributed by atoms with Crippen molar-refractivity contribution in [1.82, 2.24) is 20.3 Å². The highest BCUT2D eigenvalue weighted by molar-refractivity contribution is 7.15. The molecule has 1 N–H and O–H groups in total. The first-order valence-corrected chi connectivity index (χ1v) is 10.8. The van der Waals surface area contributed by atoms with Crippen LogP contribution in [0.4, 0.5) is 0 Å². The van der Waals surface area contributed by atoms with Crippen LogP contribution >= 0.6 is 34.5 Å². The number of carbonyl (C=O) groups excluding carboxylic acids is 1. The second-order valence-corrected chi connectivity index (χ2v) is 8.61. The third-order valence-electron chi connectivity index (χ3n) is 4.17. The summed E-state index contributed by atoms with van der Waals surface area (Å²) < 4.78 is 11.9. The summed E-state index contributed by atoms with van der Waals surface area (Å²) in [4.78, 5) is 25.8. The number of aromatic nitrogens is 3. The van der Waals surface area contributed by atoms with Gasteiger partial charge >= 0.3 is 0 Å². The SMILES string of the molecule is C[C@@H](Oc1ccc(Oc2cnc3cc(Cl)ccc3n2)cc1)C(=O)NCc1cnc(Cl)s1. The number of nitrogens with one attached hydrogen (secondary N) is 1. The van der Waals surface area contributed by atoms with E-state index in [1.165, 1.54) is 17.5 Å². The molecule has 0 saturated carbocycles. The van der Waals surface area contributed by atoms with Crippen molar-refractivity contribution in [2.24, 2.45) is 0 Å². The quantitative estimate of drug-likeness (QED) is 0.392. The van der Waals surface area contributed by atoms with Gasteiger partial charge in [-0.15, -0.1) is 11.3 Å². The Bertz CT molecular complexity index is 1220. The Balaban J connectivity index is 1.33. The van der Waals surface area contributed by atoms with Crippen LogP contribution in [0.5, 0.6) is 17.4 Å². The molecule has 158 valence electrons. The maximum Gasteiger partial charge on any atom is 0.261 e. The van der Waals surface area contributed by atoms with Gasteiger partial charge in [0.05, 0.1) is 23.8 Å². The van der Waals surface area contributed by atoms with Gasteiger partial charge < -0.3 is 14.8 Å². The van der Waals surface area contributed by atoms with Crippen LogP contribution in [0.15, 0.2) is 54.9 Å². The van der Waals surface area contributed by atoms with Gasteiger partial charge in [-0.2, -0.15) is 0 Å². The molecule has 4 aromatic rings. The lowest BCUT2D eigenvalue weighted by Gasteiger charge is -2.14. The Morgan fingerprint density at radius 3 is 2.58 bits per heavy atom. The van der Waals surface area contributed by atoms with Crippen molar-refractivity contribution >= 4 is 51.5 Å². The topological polar surface area (TPSA) is 86.2 Å². The fraction of sp³-hybridized carbons (Fsp3) is 0.143. The van der Waals surface area contributed by atoms with Gasteiger partial charge in [0.15, 0.2) is 10.6 Å². The van der Waals surface area contributed by atoms with E-state index in [4.69, 9.17) is 32.7 Å². The highest BCUT2D eigenvalue weighted by atomic mass is 35.5. The van der Waals surface area contributed by atoms with Crippen molar-refractivity contribution in [2.75, 3.05) is 0 Å². The van der Waals surface area contributed by atoms with Gasteiger partial charge in [0.25, 0.3) is 5.91 Å². The van der Waals surface area contributed by atoms with Gasteiger partial charge in [0.1, 0.15) is 11.5 Å². The van der Waals surface area contributed by atoms with Crippen LogP contribution in [0.25, 0.3) is 11.0 Å². The average molecular weight is 475 g/mol. The average Bonchev–Trinajstić information content (AvgIpc) is 3.18. The third kappa shape index (κ3) is 5.61. The summed E-state index contributed by atoms with van der Waals surface area (Å²) in [5.74, 6) is 1.22. The number of thiazole rings is 1. The van der Waals surface area contributed by atoms with E-state index in [0.29, 0.717) is 44.4 Å². The van der Waals surface area contributed by atoms with Crippen LogP contribution in [0.2, 0.25) is 9.49 Å². The van der Waals surface area contributed by atoms with E-state index in [-0.39, 0.29) is 5.91 Å². The molecule has 0 bridgehead atoms. The Morgan fingerprint density at radius 1 is 1.06 bits per heavy atom. The number of rotatable bonds is 7. The molecule has 31 heavy (non-hydrogen) atoms. The summed E-state index contributed by atoms with van der Waals surface area (Å²) in [5, 5.41) is 3.39. The first-order valence-electron chi connectivity index (χ1n) is 9.21. The van der Waals surface area contributed by atoms with Crippen molar-refractivity contribution in [2.45, 2.75) is 19.6 Å². The molecule has 0 aliphatic heterocycles. The molecule has 2 aromatic carbocycles. The van der Waals surface area contributed by atoms with E-state index in [1.54, 1.807) is 55.6 Å². The number of benzene rings is 2. The Hall–Kier alpha value is -2.94. The van der Waals surface area contributed by atoms with Crippen LogP contribution in [-0.4, -0.2) is 27.0 Å². The van der Waals surface area contributed by atoms with Crippen molar-refractivity contribution in [1.29, 1.82) is 0 Å². The Morgan fingerprint density at radius 2 is 1.84 bits per heavy atom. The number of nitrogens with zero attached hydrogens (tertiary/aromatic N) is 3. The maximum absolute atomic E-state index is 12.2. The van der Waals surface area contributed by atoms with Crippen molar-refractivity contribution < 1.29 is 14.3 Å². The van der Waals surface area contributed by atoms with E-state index in [2.05, 4.69) is 20.3 Å². The van der Waals surface area contributed by atoms with E-state index in [0.717, 1.165) is 4.88 Å². The number of carbonyl (C=O) groups is 1. The van der Waals surface area contributed by atoms with Crippen LogP contribution < -0.4 is 14.8 Å². The number of halogens is 2. The predicted octanol–water partition coefficient (Wildman–Crippen LogP) is 5.27. The summed E-state index contributed by atoms with van der Waals surface area (Å²) >= 11 is 13.1. The van der Waals surface area contributed by atoms with E-state index in [1.807, 2.05) is 0 Å². The molecule has 7 nitrogen and oxygen atoms in total. The molecule has 0 unspecified atom stereocenters. The zero-order valence-corrected chi connectivity index (χ0v) is 18.5. The lowest BCUT2D eigenvalue weighted by atomic mass is 10.3. The van der Waals surface area contributed by atoms with E-state index in [9.17, 15) is 4.79 Å². The smallest absolute Gasteiger partial charge is 0.261 e. The maximum atomic E-state index is 12.2. The van der Waals surface area contributed by atoms with E-state index >= 15 is 0 Å². The number of hydrogen-bond acceptors (Lipinski definition) is 7. The summed E-state index contributed by atoms with van der Waals surface area (Å²) in [6.45, 7) is 2.03. The minimum Gasteiger partial charge on any atom is -0.481 e. The highest BCUT2D eigenvalue weighted by Crippen LogP contribution is 2.25. The number of fused-ring (bicyclic) bond motifs is 1. The monoisotopic (exact) mass is 474 g/mol. The molecule has 4 rings (SSSR count). The highest BCUT2D eigenvalue weighted by Gasteiger charge is 2.15. The minimum absolute atomic E-state index is 0.239. The van der Waals surface area contributed by atoms with Crippen LogP contribution in [0.1, 0.15) is 11.8 Å². The zero-order valence-electron chi connectivity index (χ0n) is 16.2. The number of hydrogen-bond donors (Lipinski definition) is 1. The van der Waals surface area contributed by atoms with Gasteiger partial charge in [-0.05, 0) is 49.4 Å². The molecule has 0 spiro atoms. The fourth-order valence-electron chi connectivity index (χ4n) is 2.66. The summed E-state index contributed by atoms with van der Waals surface area (Å²) in [7, 11) is 0.